The number of halogens is 2. The first-order chi connectivity index (χ1) is 14.2. The normalized spacial score (nSPS) is 15.0. The van der Waals surface area contributed by atoms with Crippen molar-refractivity contribution in [3.8, 4) is 0 Å². The van der Waals surface area contributed by atoms with Gasteiger partial charge in [-0.2, -0.15) is 5.10 Å². The molecule has 0 aliphatic heterocycles. The van der Waals surface area contributed by atoms with E-state index in [-0.39, 0.29) is 16.9 Å². The van der Waals surface area contributed by atoms with Gasteiger partial charge >= 0.3 is 0 Å². The van der Waals surface area contributed by atoms with Gasteiger partial charge in [-0.05, 0) is 51.0 Å². The minimum atomic E-state index is -1.62. The highest BCUT2D eigenvalue weighted by molar-refractivity contribution is 8.77. The predicted molar refractivity (Wildman–Crippen MR) is 117 cm³/mol. The summed E-state index contributed by atoms with van der Waals surface area (Å²) in [5.74, 6) is -1.47. The molecule has 0 saturated heterocycles. The third kappa shape index (κ3) is 5.59. The van der Waals surface area contributed by atoms with E-state index in [4.69, 9.17) is 0 Å². The van der Waals surface area contributed by atoms with Crippen molar-refractivity contribution in [1.82, 2.24) is 19.7 Å². The standard InChI is InChI=1S/C21H24F2N4OS2/c1-15(29-30-20(2,3)11-16-6-8-24-9-7-16)21(28,12-27-14-25-13-26-27)18-5-4-17(22)10-19(18)23/h4-10,13-15,28H,11-12H2,1-3H3/t15-,21-/m1/s1. The topological polar surface area (TPSA) is 63.8 Å². The molecule has 2 heterocycles. The van der Waals surface area contributed by atoms with E-state index in [1.807, 2.05) is 19.1 Å². The Balaban J connectivity index is 1.80. The van der Waals surface area contributed by atoms with Crippen LogP contribution in [0.25, 0.3) is 0 Å². The molecule has 3 aromatic rings. The zero-order valence-corrected chi connectivity index (χ0v) is 18.6. The summed E-state index contributed by atoms with van der Waals surface area (Å²) in [6, 6.07) is 7.20. The number of nitrogens with zero attached hydrogens (tertiary/aromatic N) is 4. The summed E-state index contributed by atoms with van der Waals surface area (Å²) >= 11 is 0. The molecule has 0 unspecified atom stereocenters. The molecule has 30 heavy (non-hydrogen) atoms. The Hall–Kier alpha value is -1.97. The van der Waals surface area contributed by atoms with Gasteiger partial charge in [0, 0.05) is 34.0 Å². The van der Waals surface area contributed by atoms with Crippen molar-refractivity contribution in [2.75, 3.05) is 0 Å². The van der Waals surface area contributed by atoms with Crippen molar-refractivity contribution < 1.29 is 13.9 Å². The molecular weight excluding hydrogens is 426 g/mol. The highest BCUT2D eigenvalue weighted by atomic mass is 33.1. The molecule has 9 heteroatoms. The van der Waals surface area contributed by atoms with Crippen LogP contribution in [0, 0.1) is 11.6 Å². The molecule has 2 atom stereocenters. The summed E-state index contributed by atoms with van der Waals surface area (Å²) in [6.45, 7) is 6.06. The van der Waals surface area contributed by atoms with Gasteiger partial charge in [-0.1, -0.05) is 27.7 Å². The van der Waals surface area contributed by atoms with Gasteiger partial charge in [0.2, 0.25) is 0 Å². The van der Waals surface area contributed by atoms with Crippen LogP contribution in [-0.2, 0) is 18.6 Å². The van der Waals surface area contributed by atoms with Crippen molar-refractivity contribution in [2.24, 2.45) is 0 Å². The molecule has 2 aromatic heterocycles. The van der Waals surface area contributed by atoms with Gasteiger partial charge in [0.05, 0.1) is 6.54 Å². The average molecular weight is 451 g/mol. The molecule has 3 rings (SSSR count). The highest BCUT2D eigenvalue weighted by Gasteiger charge is 2.40. The van der Waals surface area contributed by atoms with Gasteiger partial charge in [-0.25, -0.2) is 18.4 Å². The molecule has 5 nitrogen and oxygen atoms in total. The second-order valence-electron chi connectivity index (χ2n) is 7.76. The molecule has 1 N–H and O–H groups in total. The highest BCUT2D eigenvalue weighted by Crippen LogP contribution is 2.46. The largest absolute Gasteiger partial charge is 0.382 e. The van der Waals surface area contributed by atoms with Crippen LogP contribution in [-0.4, -0.2) is 34.9 Å². The van der Waals surface area contributed by atoms with E-state index in [2.05, 4.69) is 28.9 Å². The lowest BCUT2D eigenvalue weighted by Gasteiger charge is -2.35. The fraction of sp³-hybridized carbons (Fsp3) is 0.381. The van der Waals surface area contributed by atoms with E-state index in [0.717, 1.165) is 18.6 Å². The maximum atomic E-state index is 14.6. The van der Waals surface area contributed by atoms with Crippen LogP contribution in [0.3, 0.4) is 0 Å². The molecule has 160 valence electrons. The Morgan fingerprint density at radius 2 is 1.87 bits per heavy atom. The van der Waals surface area contributed by atoms with E-state index >= 15 is 0 Å². The van der Waals surface area contributed by atoms with Crippen molar-refractivity contribution in [3.63, 3.8) is 0 Å². The van der Waals surface area contributed by atoms with Crippen molar-refractivity contribution in [1.29, 1.82) is 0 Å². The summed E-state index contributed by atoms with van der Waals surface area (Å²) in [7, 11) is 3.09. The second-order valence-corrected chi connectivity index (χ2v) is 11.0. The Morgan fingerprint density at radius 3 is 2.50 bits per heavy atom. The summed E-state index contributed by atoms with van der Waals surface area (Å²) in [6.07, 6.45) is 7.16. The average Bonchev–Trinajstić information content (AvgIpc) is 3.19. The second kappa shape index (κ2) is 9.45. The maximum Gasteiger partial charge on any atom is 0.137 e. The maximum absolute atomic E-state index is 14.6. The van der Waals surface area contributed by atoms with Crippen LogP contribution in [0.15, 0.2) is 55.4 Å². The van der Waals surface area contributed by atoms with Crippen LogP contribution in [0.2, 0.25) is 0 Å². The first-order valence-corrected chi connectivity index (χ1v) is 11.6. The van der Waals surface area contributed by atoms with Crippen LogP contribution >= 0.6 is 21.6 Å². The molecule has 0 radical (unpaired) electrons. The Kier molecular flexibility index (Phi) is 7.15. The SMILES string of the molecule is C[C@@H](SSC(C)(C)Cc1ccncc1)[C@](O)(Cn1cncn1)c1ccc(F)cc1F. The number of aromatic nitrogens is 4. The van der Waals surface area contributed by atoms with Crippen molar-refractivity contribution in [3.05, 3.63) is 78.1 Å². The summed E-state index contributed by atoms with van der Waals surface area (Å²) in [5, 5.41) is 15.2. The van der Waals surface area contributed by atoms with Gasteiger partial charge in [0.1, 0.15) is 29.9 Å². The summed E-state index contributed by atoms with van der Waals surface area (Å²) < 4.78 is 29.4. The number of aliphatic hydroxyl groups is 1. The lowest BCUT2D eigenvalue weighted by atomic mass is 9.90. The first kappa shape index (κ1) is 22.7. The van der Waals surface area contributed by atoms with E-state index < -0.39 is 22.5 Å². The molecule has 0 aliphatic rings. The van der Waals surface area contributed by atoms with Crippen LogP contribution < -0.4 is 0 Å². The van der Waals surface area contributed by atoms with Gasteiger partial charge < -0.3 is 5.11 Å². The quantitative estimate of drug-likeness (QED) is 0.480. The Morgan fingerprint density at radius 1 is 1.13 bits per heavy atom. The molecule has 1 aromatic carbocycles. The molecule has 0 amide bonds. The fourth-order valence-electron chi connectivity index (χ4n) is 3.14. The molecule has 0 fully saturated rings. The lowest BCUT2D eigenvalue weighted by molar-refractivity contribution is 0.0137. The Bertz CT molecular complexity index is 957. The number of hydrogen-bond donors (Lipinski definition) is 1. The van der Waals surface area contributed by atoms with Gasteiger partial charge in [0.15, 0.2) is 0 Å². The fourth-order valence-corrected chi connectivity index (χ4v) is 6.00. The third-order valence-electron chi connectivity index (χ3n) is 4.74. The summed E-state index contributed by atoms with van der Waals surface area (Å²) in [5.41, 5.74) is -0.416. The number of pyridine rings is 1. The first-order valence-electron chi connectivity index (χ1n) is 9.43. The number of benzene rings is 1. The lowest BCUT2D eigenvalue weighted by Crippen LogP contribution is -2.41. The minimum Gasteiger partial charge on any atom is -0.382 e. The molecule has 0 spiro atoms. The minimum absolute atomic E-state index is 0.00490. The monoisotopic (exact) mass is 450 g/mol. The molecular formula is C21H24F2N4OS2. The number of rotatable bonds is 9. The summed E-state index contributed by atoms with van der Waals surface area (Å²) in [4.78, 5) is 7.94. The number of hydrogen-bond acceptors (Lipinski definition) is 6. The Labute approximate surface area is 182 Å². The van der Waals surface area contributed by atoms with Crippen LogP contribution in [0.5, 0.6) is 0 Å². The van der Waals surface area contributed by atoms with E-state index in [0.29, 0.717) is 0 Å². The molecule has 0 saturated carbocycles. The molecule has 0 aliphatic carbocycles. The zero-order valence-electron chi connectivity index (χ0n) is 17.0. The van der Waals surface area contributed by atoms with Crippen LogP contribution in [0.1, 0.15) is 31.9 Å². The van der Waals surface area contributed by atoms with Crippen molar-refractivity contribution in [2.45, 2.75) is 49.3 Å². The van der Waals surface area contributed by atoms with Crippen LogP contribution in [0.4, 0.5) is 8.78 Å². The van der Waals surface area contributed by atoms with E-state index in [9.17, 15) is 13.9 Å². The predicted octanol–water partition coefficient (Wildman–Crippen LogP) is 4.63. The smallest absolute Gasteiger partial charge is 0.137 e. The zero-order chi connectivity index (χ0) is 21.8. The van der Waals surface area contributed by atoms with Gasteiger partial charge in [-0.3, -0.25) is 4.98 Å². The van der Waals surface area contributed by atoms with Crippen molar-refractivity contribution >= 4 is 21.6 Å². The van der Waals surface area contributed by atoms with E-state index in [1.165, 1.54) is 39.8 Å². The molecule has 0 bridgehead atoms. The van der Waals surface area contributed by atoms with Gasteiger partial charge in [0.25, 0.3) is 0 Å². The third-order valence-corrected chi connectivity index (χ3v) is 8.62. The van der Waals surface area contributed by atoms with E-state index in [1.54, 1.807) is 23.2 Å². The van der Waals surface area contributed by atoms with Gasteiger partial charge in [-0.15, -0.1) is 0 Å².